The summed E-state index contributed by atoms with van der Waals surface area (Å²) >= 11 is 0. The number of aromatic nitrogens is 4. The first-order valence-electron chi connectivity index (χ1n) is 5.78. The van der Waals surface area contributed by atoms with E-state index in [9.17, 15) is 4.79 Å². The molecule has 1 aliphatic heterocycles. The van der Waals surface area contributed by atoms with Crippen LogP contribution in [0.3, 0.4) is 0 Å². The molecule has 2 heterocycles. The van der Waals surface area contributed by atoms with E-state index in [2.05, 4.69) is 10.4 Å². The first-order valence-corrected chi connectivity index (χ1v) is 5.78. The van der Waals surface area contributed by atoms with Gasteiger partial charge in [0, 0.05) is 19.0 Å². The lowest BCUT2D eigenvalue weighted by Crippen LogP contribution is -2.26. The number of tetrazole rings is 1. The average Bonchev–Trinajstić information content (AvgIpc) is 2.78. The van der Waals surface area contributed by atoms with E-state index >= 15 is 0 Å². The molecule has 6 nitrogen and oxygen atoms in total. The zero-order chi connectivity index (χ0) is 12.9. The van der Waals surface area contributed by atoms with Crippen LogP contribution < -0.4 is 10.4 Å². The maximum Gasteiger partial charge on any atom is 0.368 e. The van der Waals surface area contributed by atoms with Gasteiger partial charge in [0.05, 0.1) is 0 Å². The smallest absolute Gasteiger partial charge is 0.368 e. The van der Waals surface area contributed by atoms with Gasteiger partial charge in [0.1, 0.15) is 17.0 Å². The highest BCUT2D eigenvalue weighted by Crippen LogP contribution is 2.38. The number of rotatable bonds is 1. The van der Waals surface area contributed by atoms with Crippen LogP contribution in [0, 0.1) is 0 Å². The van der Waals surface area contributed by atoms with E-state index in [4.69, 9.17) is 4.74 Å². The van der Waals surface area contributed by atoms with Gasteiger partial charge in [0.2, 0.25) is 0 Å². The van der Waals surface area contributed by atoms with Crippen LogP contribution in [0.1, 0.15) is 19.4 Å². The summed E-state index contributed by atoms with van der Waals surface area (Å²) in [6.07, 6.45) is 0.825. The molecule has 0 spiro atoms. The standard InChI is InChI=1S/C12H14N4O2/c1-12(2)7-8-5-4-6-9(10(8)18-12)16-11(17)15(3)13-14-16/h4-6H,7H2,1-3H3. The van der Waals surface area contributed by atoms with Crippen molar-refractivity contribution in [2.75, 3.05) is 0 Å². The van der Waals surface area contributed by atoms with Crippen LogP contribution in [-0.2, 0) is 13.5 Å². The van der Waals surface area contributed by atoms with Gasteiger partial charge in [0.25, 0.3) is 0 Å². The Morgan fingerprint density at radius 1 is 1.33 bits per heavy atom. The quantitative estimate of drug-likeness (QED) is 0.742. The van der Waals surface area contributed by atoms with Crippen molar-refractivity contribution < 1.29 is 4.74 Å². The van der Waals surface area contributed by atoms with Crippen LogP contribution in [0.5, 0.6) is 5.75 Å². The number of fused-ring (bicyclic) bond motifs is 1. The molecule has 0 N–H and O–H groups in total. The third-order valence-corrected chi connectivity index (χ3v) is 3.02. The molecule has 1 aromatic heterocycles. The molecule has 0 unspecified atom stereocenters. The first-order chi connectivity index (χ1) is 8.48. The molecule has 94 valence electrons. The number of hydrogen-bond donors (Lipinski definition) is 0. The summed E-state index contributed by atoms with van der Waals surface area (Å²) in [6.45, 7) is 4.05. The van der Waals surface area contributed by atoms with Gasteiger partial charge in [-0.25, -0.2) is 4.79 Å². The van der Waals surface area contributed by atoms with Crippen LogP contribution >= 0.6 is 0 Å². The number of para-hydroxylation sites is 1. The second-order valence-corrected chi connectivity index (χ2v) is 5.10. The summed E-state index contributed by atoms with van der Waals surface area (Å²) in [5.41, 5.74) is 1.22. The lowest BCUT2D eigenvalue weighted by molar-refractivity contribution is 0.138. The number of ether oxygens (including phenoxy) is 1. The molecule has 0 fully saturated rings. The van der Waals surface area contributed by atoms with Gasteiger partial charge in [-0.1, -0.05) is 12.1 Å². The van der Waals surface area contributed by atoms with Gasteiger partial charge >= 0.3 is 5.69 Å². The molecule has 2 aromatic rings. The van der Waals surface area contributed by atoms with E-state index in [0.717, 1.165) is 17.7 Å². The Kier molecular flexibility index (Phi) is 2.10. The number of benzene rings is 1. The van der Waals surface area contributed by atoms with Gasteiger partial charge < -0.3 is 4.74 Å². The van der Waals surface area contributed by atoms with Crippen molar-refractivity contribution in [1.82, 2.24) is 19.8 Å². The van der Waals surface area contributed by atoms with Crippen LogP contribution in [0.15, 0.2) is 23.0 Å². The molecule has 0 atom stereocenters. The average molecular weight is 246 g/mol. The van der Waals surface area contributed by atoms with E-state index in [1.54, 1.807) is 7.05 Å². The lowest BCUT2D eigenvalue weighted by atomic mass is 10.0. The molecule has 1 aromatic carbocycles. The summed E-state index contributed by atoms with van der Waals surface area (Å²) in [4.78, 5) is 11.9. The fraction of sp³-hybridized carbons (Fsp3) is 0.417. The fourth-order valence-electron chi connectivity index (χ4n) is 2.23. The predicted molar refractivity (Wildman–Crippen MR) is 65.0 cm³/mol. The van der Waals surface area contributed by atoms with Gasteiger partial charge in [-0.15, -0.1) is 0 Å². The number of hydrogen-bond acceptors (Lipinski definition) is 4. The maximum absolute atomic E-state index is 11.9. The van der Waals surface area contributed by atoms with Crippen molar-refractivity contribution in [3.63, 3.8) is 0 Å². The molecule has 0 bridgehead atoms. The topological polar surface area (TPSA) is 61.9 Å². The fourth-order valence-corrected chi connectivity index (χ4v) is 2.23. The second kappa shape index (κ2) is 3.44. The van der Waals surface area contributed by atoms with Crippen molar-refractivity contribution in [1.29, 1.82) is 0 Å². The Labute approximate surface area is 104 Å². The summed E-state index contributed by atoms with van der Waals surface area (Å²) in [5, 5.41) is 7.56. The predicted octanol–water partition coefficient (Wildman–Crippen LogP) is 0.679. The molecule has 0 radical (unpaired) electrons. The van der Waals surface area contributed by atoms with Crippen LogP contribution in [0.4, 0.5) is 0 Å². The number of nitrogens with zero attached hydrogens (tertiary/aromatic N) is 4. The Hall–Kier alpha value is -2.11. The van der Waals surface area contributed by atoms with E-state index < -0.39 is 0 Å². The highest BCUT2D eigenvalue weighted by atomic mass is 16.5. The molecular weight excluding hydrogens is 232 g/mol. The number of aryl methyl sites for hydroxylation is 1. The third kappa shape index (κ3) is 1.53. The molecule has 1 aliphatic rings. The first kappa shape index (κ1) is 11.0. The zero-order valence-electron chi connectivity index (χ0n) is 10.5. The largest absolute Gasteiger partial charge is 0.485 e. The van der Waals surface area contributed by atoms with E-state index in [1.807, 2.05) is 32.0 Å². The summed E-state index contributed by atoms with van der Waals surface area (Å²) < 4.78 is 8.37. The molecule has 6 heteroatoms. The minimum Gasteiger partial charge on any atom is -0.485 e. The molecule has 3 rings (SSSR count). The Bertz CT molecular complexity index is 669. The minimum atomic E-state index is -0.281. The Morgan fingerprint density at radius 3 is 2.78 bits per heavy atom. The lowest BCUT2D eigenvalue weighted by Gasteiger charge is -2.17. The Balaban J connectivity index is 2.20. The van der Waals surface area contributed by atoms with Gasteiger partial charge in [-0.2, -0.15) is 9.36 Å². The highest BCUT2D eigenvalue weighted by Gasteiger charge is 2.32. The van der Waals surface area contributed by atoms with Crippen LogP contribution in [-0.4, -0.2) is 25.4 Å². The summed E-state index contributed by atoms with van der Waals surface area (Å²) in [7, 11) is 1.57. The van der Waals surface area contributed by atoms with Crippen LogP contribution in [0.25, 0.3) is 5.69 Å². The maximum atomic E-state index is 11.9. The molecule has 0 aliphatic carbocycles. The third-order valence-electron chi connectivity index (χ3n) is 3.02. The van der Waals surface area contributed by atoms with Crippen LogP contribution in [0.2, 0.25) is 0 Å². The van der Waals surface area contributed by atoms with E-state index in [-0.39, 0.29) is 11.3 Å². The van der Waals surface area contributed by atoms with Crippen molar-refractivity contribution in [2.24, 2.45) is 7.05 Å². The summed E-state index contributed by atoms with van der Waals surface area (Å²) in [6, 6.07) is 5.73. The van der Waals surface area contributed by atoms with Gasteiger partial charge in [-0.3, -0.25) is 0 Å². The normalized spacial score (nSPS) is 16.4. The summed E-state index contributed by atoms with van der Waals surface area (Å²) in [5.74, 6) is 0.727. The molecule has 0 saturated heterocycles. The van der Waals surface area contributed by atoms with Crippen molar-refractivity contribution >= 4 is 0 Å². The molecule has 18 heavy (non-hydrogen) atoms. The van der Waals surface area contributed by atoms with Gasteiger partial charge in [-0.05, 0) is 30.3 Å². The molecular formula is C12H14N4O2. The monoisotopic (exact) mass is 246 g/mol. The van der Waals surface area contributed by atoms with Gasteiger partial charge in [0.15, 0.2) is 0 Å². The second-order valence-electron chi connectivity index (χ2n) is 5.10. The molecule has 0 saturated carbocycles. The molecule has 0 amide bonds. The van der Waals surface area contributed by atoms with E-state index in [1.165, 1.54) is 9.36 Å². The Morgan fingerprint density at radius 2 is 2.11 bits per heavy atom. The van der Waals surface area contributed by atoms with Crippen molar-refractivity contribution in [3.05, 3.63) is 34.2 Å². The van der Waals surface area contributed by atoms with Crippen molar-refractivity contribution in [3.8, 4) is 11.4 Å². The highest BCUT2D eigenvalue weighted by molar-refractivity contribution is 5.54. The van der Waals surface area contributed by atoms with E-state index in [0.29, 0.717) is 5.69 Å². The minimum absolute atomic E-state index is 0.246. The van der Waals surface area contributed by atoms with Crippen molar-refractivity contribution in [2.45, 2.75) is 25.9 Å². The zero-order valence-corrected chi connectivity index (χ0v) is 10.5. The SMILES string of the molecule is Cn1nnn(-c2cccc3c2OC(C)(C)C3)c1=O.